The first-order chi connectivity index (χ1) is 11.4. The van der Waals surface area contributed by atoms with Crippen molar-refractivity contribution in [1.29, 1.82) is 0 Å². The Hall–Kier alpha value is -2.21. The van der Waals surface area contributed by atoms with Crippen LogP contribution in [0.4, 0.5) is 0 Å². The molecule has 0 spiro atoms. The molecule has 2 rings (SSSR count). The molecule has 1 aromatic carbocycles. The summed E-state index contributed by atoms with van der Waals surface area (Å²) in [6.45, 7) is 8.11. The number of aryl methyl sites for hydroxylation is 2. The summed E-state index contributed by atoms with van der Waals surface area (Å²) in [7, 11) is 0. The minimum atomic E-state index is -0.577. The Morgan fingerprint density at radius 3 is 2.58 bits per heavy atom. The van der Waals surface area contributed by atoms with E-state index < -0.39 is 6.04 Å². The Morgan fingerprint density at radius 2 is 2.00 bits per heavy atom. The summed E-state index contributed by atoms with van der Waals surface area (Å²) >= 11 is 1.55. The Labute approximate surface area is 146 Å². The third kappa shape index (κ3) is 4.89. The zero-order valence-electron chi connectivity index (χ0n) is 14.4. The van der Waals surface area contributed by atoms with Crippen LogP contribution in [0.2, 0.25) is 0 Å². The van der Waals surface area contributed by atoms with Gasteiger partial charge in [0.25, 0.3) is 5.91 Å². The third-order valence-electron chi connectivity index (χ3n) is 3.62. The number of aromatic nitrogens is 1. The summed E-state index contributed by atoms with van der Waals surface area (Å²) in [6, 6.07) is 6.75. The van der Waals surface area contributed by atoms with Gasteiger partial charge in [-0.05, 0) is 31.9 Å². The molecule has 0 aliphatic carbocycles. The third-order valence-corrected chi connectivity index (χ3v) is 4.53. The fraction of sp³-hybridized carbons (Fsp3) is 0.389. The van der Waals surface area contributed by atoms with E-state index in [4.69, 9.17) is 0 Å². The molecule has 0 saturated carbocycles. The van der Waals surface area contributed by atoms with E-state index in [1.54, 1.807) is 23.6 Å². The maximum absolute atomic E-state index is 12.5. The normalized spacial score (nSPS) is 12.0. The number of nitrogens with one attached hydrogen (secondary N) is 2. The molecule has 6 heteroatoms. The quantitative estimate of drug-likeness (QED) is 0.846. The summed E-state index contributed by atoms with van der Waals surface area (Å²) in [4.78, 5) is 30.0. The van der Waals surface area contributed by atoms with E-state index >= 15 is 0 Å². The van der Waals surface area contributed by atoms with Crippen molar-refractivity contribution in [2.75, 3.05) is 0 Å². The summed E-state index contributed by atoms with van der Waals surface area (Å²) in [5.74, 6) is -0.430. The molecule has 2 N–H and O–H groups in total. The van der Waals surface area contributed by atoms with Crippen molar-refractivity contribution in [2.45, 2.75) is 40.3 Å². The molecular formula is C18H23N3O2S. The van der Waals surface area contributed by atoms with Crippen molar-refractivity contribution in [3.63, 3.8) is 0 Å². The lowest BCUT2D eigenvalue weighted by atomic mass is 10.0. The Balaban J connectivity index is 2.00. The molecule has 0 bridgehead atoms. The first kappa shape index (κ1) is 18.1. The molecule has 5 nitrogen and oxygen atoms in total. The van der Waals surface area contributed by atoms with E-state index in [0.717, 1.165) is 15.4 Å². The van der Waals surface area contributed by atoms with Gasteiger partial charge in [0, 0.05) is 16.6 Å². The molecule has 128 valence electrons. The van der Waals surface area contributed by atoms with Crippen molar-refractivity contribution in [2.24, 2.45) is 5.92 Å². The molecule has 0 radical (unpaired) electrons. The average molecular weight is 345 g/mol. The molecule has 0 saturated heterocycles. The maximum atomic E-state index is 12.5. The Bertz CT molecular complexity index is 725. The zero-order chi connectivity index (χ0) is 17.7. The summed E-state index contributed by atoms with van der Waals surface area (Å²) < 4.78 is 0. The SMILES string of the molecule is Cc1cccc(C(=O)NC(C(=O)NCc2cnc(C)s2)C(C)C)c1. The van der Waals surface area contributed by atoms with Gasteiger partial charge in [0.1, 0.15) is 6.04 Å². The van der Waals surface area contributed by atoms with E-state index in [9.17, 15) is 9.59 Å². The molecule has 0 aliphatic heterocycles. The highest BCUT2D eigenvalue weighted by Gasteiger charge is 2.24. The van der Waals surface area contributed by atoms with Gasteiger partial charge >= 0.3 is 0 Å². The number of amides is 2. The maximum Gasteiger partial charge on any atom is 0.251 e. The van der Waals surface area contributed by atoms with Crippen molar-refractivity contribution in [3.8, 4) is 0 Å². The molecule has 24 heavy (non-hydrogen) atoms. The number of carbonyl (C=O) groups excluding carboxylic acids is 2. The first-order valence-corrected chi connectivity index (χ1v) is 8.75. The monoisotopic (exact) mass is 345 g/mol. The number of carbonyl (C=O) groups is 2. The predicted molar refractivity (Wildman–Crippen MR) is 96.0 cm³/mol. The second kappa shape index (κ2) is 8.06. The van der Waals surface area contributed by atoms with Crippen molar-refractivity contribution in [1.82, 2.24) is 15.6 Å². The standard InChI is InChI=1S/C18H23N3O2S/c1-11(2)16(18(23)20-10-15-9-19-13(4)24-15)21-17(22)14-7-5-6-12(3)8-14/h5-9,11,16H,10H2,1-4H3,(H,20,23)(H,21,22). The molecule has 1 unspecified atom stereocenters. The van der Waals surface area contributed by atoms with Crippen LogP contribution in [0.5, 0.6) is 0 Å². The number of thiazole rings is 1. The minimum absolute atomic E-state index is 0.0121. The lowest BCUT2D eigenvalue weighted by molar-refractivity contribution is -0.124. The van der Waals surface area contributed by atoms with E-state index in [1.165, 1.54) is 0 Å². The second-order valence-electron chi connectivity index (χ2n) is 6.13. The van der Waals surface area contributed by atoms with Gasteiger partial charge in [0.05, 0.1) is 11.6 Å². The fourth-order valence-electron chi connectivity index (χ4n) is 2.32. The second-order valence-corrected chi connectivity index (χ2v) is 7.45. The van der Waals surface area contributed by atoms with Crippen molar-refractivity contribution in [3.05, 3.63) is 51.5 Å². The molecule has 0 aliphatic rings. The van der Waals surface area contributed by atoms with E-state index in [1.807, 2.05) is 45.9 Å². The summed E-state index contributed by atoms with van der Waals surface area (Å²) in [6.07, 6.45) is 1.76. The number of nitrogens with zero attached hydrogens (tertiary/aromatic N) is 1. The van der Waals surface area contributed by atoms with Crippen LogP contribution in [0.15, 0.2) is 30.5 Å². The van der Waals surface area contributed by atoms with Crippen LogP contribution < -0.4 is 10.6 Å². The number of rotatable bonds is 6. The van der Waals surface area contributed by atoms with Crippen molar-refractivity contribution >= 4 is 23.2 Å². The first-order valence-electron chi connectivity index (χ1n) is 7.93. The number of hydrogen-bond donors (Lipinski definition) is 2. The van der Waals surface area contributed by atoms with Gasteiger partial charge in [-0.1, -0.05) is 31.5 Å². The lowest BCUT2D eigenvalue weighted by Crippen LogP contribution is -2.49. The largest absolute Gasteiger partial charge is 0.349 e. The fourth-order valence-corrected chi connectivity index (χ4v) is 3.05. The van der Waals surface area contributed by atoms with Gasteiger partial charge < -0.3 is 10.6 Å². The highest BCUT2D eigenvalue weighted by atomic mass is 32.1. The number of benzene rings is 1. The topological polar surface area (TPSA) is 71.1 Å². The number of hydrogen-bond acceptors (Lipinski definition) is 4. The molecule has 2 aromatic rings. The van der Waals surface area contributed by atoms with Crippen LogP contribution in [-0.2, 0) is 11.3 Å². The zero-order valence-corrected chi connectivity index (χ0v) is 15.2. The smallest absolute Gasteiger partial charge is 0.251 e. The molecule has 1 heterocycles. The van der Waals surface area contributed by atoms with Crippen LogP contribution in [0, 0.1) is 19.8 Å². The van der Waals surface area contributed by atoms with Gasteiger partial charge in [-0.15, -0.1) is 11.3 Å². The van der Waals surface area contributed by atoms with E-state index in [2.05, 4.69) is 15.6 Å². The van der Waals surface area contributed by atoms with Gasteiger partial charge in [-0.3, -0.25) is 9.59 Å². The van der Waals surface area contributed by atoms with E-state index in [0.29, 0.717) is 12.1 Å². The Morgan fingerprint density at radius 1 is 1.25 bits per heavy atom. The highest BCUT2D eigenvalue weighted by Crippen LogP contribution is 2.12. The molecule has 2 amide bonds. The van der Waals surface area contributed by atoms with Crippen LogP contribution in [0.1, 0.15) is 39.7 Å². The lowest BCUT2D eigenvalue weighted by Gasteiger charge is -2.21. The van der Waals surface area contributed by atoms with Crippen molar-refractivity contribution < 1.29 is 9.59 Å². The average Bonchev–Trinajstić information content (AvgIpc) is 2.95. The molecule has 1 aromatic heterocycles. The van der Waals surface area contributed by atoms with Gasteiger partial charge in [-0.25, -0.2) is 4.98 Å². The minimum Gasteiger partial charge on any atom is -0.349 e. The van der Waals surface area contributed by atoms with Crippen LogP contribution >= 0.6 is 11.3 Å². The Kier molecular flexibility index (Phi) is 6.09. The molecule has 1 atom stereocenters. The summed E-state index contributed by atoms with van der Waals surface area (Å²) in [5.41, 5.74) is 1.57. The van der Waals surface area contributed by atoms with Crippen LogP contribution in [0.25, 0.3) is 0 Å². The highest BCUT2D eigenvalue weighted by molar-refractivity contribution is 7.11. The summed E-state index contributed by atoms with van der Waals surface area (Å²) in [5, 5.41) is 6.68. The molecule has 0 fully saturated rings. The predicted octanol–water partition coefficient (Wildman–Crippen LogP) is 2.83. The van der Waals surface area contributed by atoms with Gasteiger partial charge in [-0.2, -0.15) is 0 Å². The van der Waals surface area contributed by atoms with Gasteiger partial charge in [0.15, 0.2) is 0 Å². The van der Waals surface area contributed by atoms with Crippen LogP contribution in [-0.4, -0.2) is 22.8 Å². The molecular weight excluding hydrogens is 322 g/mol. The van der Waals surface area contributed by atoms with E-state index in [-0.39, 0.29) is 17.7 Å². The van der Waals surface area contributed by atoms with Gasteiger partial charge in [0.2, 0.25) is 5.91 Å². The van der Waals surface area contributed by atoms with Crippen LogP contribution in [0.3, 0.4) is 0 Å².